The largest absolute Gasteiger partial charge is 0.485 e. The van der Waals surface area contributed by atoms with Crippen LogP contribution in [0.25, 0.3) is 21.8 Å². The average molecular weight is 396 g/mol. The molecule has 0 radical (unpaired) electrons. The molecule has 0 unspecified atom stereocenters. The summed E-state index contributed by atoms with van der Waals surface area (Å²) < 4.78 is 12.4. The lowest BCUT2D eigenvalue weighted by Gasteiger charge is -2.15. The number of para-hydroxylation sites is 1. The van der Waals surface area contributed by atoms with E-state index in [9.17, 15) is 4.79 Å². The minimum Gasteiger partial charge on any atom is -0.485 e. The van der Waals surface area contributed by atoms with Gasteiger partial charge in [0.05, 0.1) is 5.52 Å². The molecule has 5 rings (SSSR count). The summed E-state index contributed by atoms with van der Waals surface area (Å²) in [4.78, 5) is 17.9. The Morgan fingerprint density at radius 1 is 0.767 bits per heavy atom. The van der Waals surface area contributed by atoms with Crippen molar-refractivity contribution in [3.8, 4) is 11.5 Å². The van der Waals surface area contributed by atoms with E-state index in [0.29, 0.717) is 24.7 Å². The fraction of sp³-hybridized carbons (Fsp3) is 0.0800. The molecule has 2 N–H and O–H groups in total. The van der Waals surface area contributed by atoms with Crippen LogP contribution in [-0.4, -0.2) is 9.97 Å². The minimum atomic E-state index is -0.130. The summed E-state index contributed by atoms with van der Waals surface area (Å²) in [5.74, 6) is 1.36. The van der Waals surface area contributed by atoms with Crippen molar-refractivity contribution in [1.82, 2.24) is 9.97 Å². The van der Waals surface area contributed by atoms with Crippen LogP contribution in [0.1, 0.15) is 11.1 Å². The quantitative estimate of drug-likeness (QED) is 0.416. The topological polar surface area (TPSA) is 67.1 Å². The van der Waals surface area contributed by atoms with Crippen LogP contribution >= 0.6 is 0 Å². The first kappa shape index (κ1) is 18.1. The van der Waals surface area contributed by atoms with Crippen LogP contribution in [-0.2, 0) is 13.2 Å². The van der Waals surface area contributed by atoms with Gasteiger partial charge in [0.2, 0.25) is 5.56 Å². The maximum absolute atomic E-state index is 11.8. The fourth-order valence-electron chi connectivity index (χ4n) is 3.60. The van der Waals surface area contributed by atoms with E-state index < -0.39 is 0 Å². The number of benzene rings is 3. The summed E-state index contributed by atoms with van der Waals surface area (Å²) in [5.41, 5.74) is 3.63. The van der Waals surface area contributed by atoms with Gasteiger partial charge in [0, 0.05) is 28.7 Å². The third kappa shape index (κ3) is 3.53. The SMILES string of the molecule is O=c1ccc2cccc(COc3c(OCc4ccccc4)ccc4[nH]ccc34)c2[nH]1. The number of ether oxygens (including phenoxy) is 2. The first-order chi connectivity index (χ1) is 14.8. The van der Waals surface area contributed by atoms with Crippen LogP contribution in [0.15, 0.2) is 89.9 Å². The van der Waals surface area contributed by atoms with Gasteiger partial charge in [-0.3, -0.25) is 4.79 Å². The highest BCUT2D eigenvalue weighted by Crippen LogP contribution is 2.36. The third-order valence-electron chi connectivity index (χ3n) is 5.10. The van der Waals surface area contributed by atoms with Crippen molar-refractivity contribution in [2.45, 2.75) is 13.2 Å². The standard InChI is InChI=1S/C25H20N2O3/c28-23-12-9-18-7-4-8-19(24(18)27-23)16-30-25-20-13-14-26-21(20)10-11-22(25)29-15-17-5-2-1-3-6-17/h1-14,26H,15-16H2,(H,27,28). The van der Waals surface area contributed by atoms with Gasteiger partial charge in [-0.2, -0.15) is 0 Å². The zero-order chi connectivity index (χ0) is 20.3. The second-order valence-corrected chi connectivity index (χ2v) is 7.10. The number of hydrogen-bond acceptors (Lipinski definition) is 3. The van der Waals surface area contributed by atoms with Crippen LogP contribution in [0.5, 0.6) is 11.5 Å². The van der Waals surface area contributed by atoms with Crippen LogP contribution in [0.4, 0.5) is 0 Å². The van der Waals surface area contributed by atoms with Gasteiger partial charge in [-0.15, -0.1) is 0 Å². The number of aromatic amines is 2. The molecule has 0 bridgehead atoms. The number of rotatable bonds is 6. The molecular weight excluding hydrogens is 376 g/mol. The molecule has 0 aliphatic carbocycles. The van der Waals surface area contributed by atoms with Crippen LogP contribution < -0.4 is 15.0 Å². The fourth-order valence-corrected chi connectivity index (χ4v) is 3.60. The van der Waals surface area contributed by atoms with Gasteiger partial charge in [-0.25, -0.2) is 0 Å². The third-order valence-corrected chi connectivity index (χ3v) is 5.10. The summed E-state index contributed by atoms with van der Waals surface area (Å²) in [6.45, 7) is 0.762. The highest BCUT2D eigenvalue weighted by molar-refractivity contribution is 5.88. The number of aromatic nitrogens is 2. The second-order valence-electron chi connectivity index (χ2n) is 7.10. The van der Waals surface area contributed by atoms with Gasteiger partial charge in [0.1, 0.15) is 13.2 Å². The zero-order valence-corrected chi connectivity index (χ0v) is 16.2. The van der Waals surface area contributed by atoms with Crippen molar-refractivity contribution in [3.63, 3.8) is 0 Å². The Morgan fingerprint density at radius 2 is 1.67 bits per heavy atom. The number of pyridine rings is 1. The molecule has 148 valence electrons. The van der Waals surface area contributed by atoms with Gasteiger partial charge in [0.25, 0.3) is 0 Å². The molecule has 0 saturated heterocycles. The van der Waals surface area contributed by atoms with E-state index >= 15 is 0 Å². The molecule has 5 aromatic rings. The molecule has 30 heavy (non-hydrogen) atoms. The van der Waals surface area contributed by atoms with Crippen molar-refractivity contribution >= 4 is 21.8 Å². The van der Waals surface area contributed by atoms with E-state index in [0.717, 1.165) is 32.9 Å². The lowest BCUT2D eigenvalue weighted by molar-refractivity contribution is 0.259. The lowest BCUT2D eigenvalue weighted by Crippen LogP contribution is -2.06. The van der Waals surface area contributed by atoms with Crippen LogP contribution in [0.2, 0.25) is 0 Å². The van der Waals surface area contributed by atoms with Crippen molar-refractivity contribution in [2.24, 2.45) is 0 Å². The number of nitrogens with one attached hydrogen (secondary N) is 2. The molecule has 0 saturated carbocycles. The first-order valence-electron chi connectivity index (χ1n) is 9.78. The predicted molar refractivity (Wildman–Crippen MR) is 118 cm³/mol. The van der Waals surface area contributed by atoms with Gasteiger partial charge >= 0.3 is 0 Å². The Kier molecular flexibility index (Phi) is 4.69. The molecule has 0 fully saturated rings. The van der Waals surface area contributed by atoms with E-state index in [4.69, 9.17) is 9.47 Å². The van der Waals surface area contributed by atoms with E-state index in [2.05, 4.69) is 9.97 Å². The molecule has 0 aliphatic rings. The van der Waals surface area contributed by atoms with E-state index in [1.54, 1.807) is 0 Å². The van der Waals surface area contributed by atoms with Crippen molar-refractivity contribution in [3.05, 3.63) is 107 Å². The predicted octanol–water partition coefficient (Wildman–Crippen LogP) is 5.17. The van der Waals surface area contributed by atoms with Crippen LogP contribution in [0, 0.1) is 0 Å². The minimum absolute atomic E-state index is 0.130. The number of hydrogen-bond donors (Lipinski definition) is 2. The highest BCUT2D eigenvalue weighted by atomic mass is 16.5. The summed E-state index contributed by atoms with van der Waals surface area (Å²) in [6.07, 6.45) is 1.88. The highest BCUT2D eigenvalue weighted by Gasteiger charge is 2.13. The molecule has 2 heterocycles. The van der Waals surface area contributed by atoms with E-state index in [-0.39, 0.29) is 5.56 Å². The maximum atomic E-state index is 11.8. The number of fused-ring (bicyclic) bond motifs is 2. The first-order valence-corrected chi connectivity index (χ1v) is 9.78. The zero-order valence-electron chi connectivity index (χ0n) is 16.2. The Morgan fingerprint density at radius 3 is 2.57 bits per heavy atom. The summed E-state index contributed by atoms with van der Waals surface area (Å²) in [7, 11) is 0. The maximum Gasteiger partial charge on any atom is 0.248 e. The second kappa shape index (κ2) is 7.79. The normalized spacial score (nSPS) is 11.1. The van der Waals surface area contributed by atoms with Gasteiger partial charge < -0.3 is 19.4 Å². The average Bonchev–Trinajstić information content (AvgIpc) is 3.26. The molecule has 0 atom stereocenters. The van der Waals surface area contributed by atoms with Gasteiger partial charge in [0.15, 0.2) is 11.5 Å². The Hall–Kier alpha value is -3.99. The molecular formula is C25H20N2O3. The van der Waals surface area contributed by atoms with Crippen molar-refractivity contribution in [1.29, 1.82) is 0 Å². The Balaban J connectivity index is 1.47. The monoisotopic (exact) mass is 396 g/mol. The van der Waals surface area contributed by atoms with Gasteiger partial charge in [-0.05, 0) is 35.2 Å². The molecule has 0 spiro atoms. The summed E-state index contributed by atoms with van der Waals surface area (Å²) >= 11 is 0. The van der Waals surface area contributed by atoms with Crippen molar-refractivity contribution < 1.29 is 9.47 Å². The molecule has 0 amide bonds. The molecule has 2 aromatic heterocycles. The molecule has 5 heteroatoms. The summed E-state index contributed by atoms with van der Waals surface area (Å²) in [6, 6.07) is 25.1. The summed E-state index contributed by atoms with van der Waals surface area (Å²) in [5, 5.41) is 1.92. The molecule has 3 aromatic carbocycles. The van der Waals surface area contributed by atoms with Crippen LogP contribution in [0.3, 0.4) is 0 Å². The lowest BCUT2D eigenvalue weighted by atomic mass is 10.1. The van der Waals surface area contributed by atoms with E-state index in [1.807, 2.05) is 79.0 Å². The molecule has 5 nitrogen and oxygen atoms in total. The Labute approximate surface area is 172 Å². The van der Waals surface area contributed by atoms with E-state index in [1.165, 1.54) is 6.07 Å². The smallest absolute Gasteiger partial charge is 0.248 e. The Bertz CT molecular complexity index is 1370. The van der Waals surface area contributed by atoms with Crippen molar-refractivity contribution in [2.75, 3.05) is 0 Å². The number of H-pyrrole nitrogens is 2. The van der Waals surface area contributed by atoms with Gasteiger partial charge in [-0.1, -0.05) is 48.5 Å². The molecule has 0 aliphatic heterocycles.